The number of pyridine rings is 1. The van der Waals surface area contributed by atoms with Gasteiger partial charge in [-0.15, -0.1) is 0 Å². The fourth-order valence-electron chi connectivity index (χ4n) is 2.29. The summed E-state index contributed by atoms with van der Waals surface area (Å²) >= 11 is 0. The average Bonchev–Trinajstić information content (AvgIpc) is 2.47. The number of carbonyl (C=O) groups excluding carboxylic acids is 1. The number of aromatic nitrogens is 1. The third-order valence-electron chi connectivity index (χ3n) is 3.38. The number of aliphatic hydroxyl groups excluding tert-OH is 1. The number of amides is 1. The van der Waals surface area contributed by atoms with Gasteiger partial charge in [0.15, 0.2) is 0 Å². The Morgan fingerprint density at radius 3 is 2.57 bits per heavy atom. The molecule has 5 nitrogen and oxygen atoms in total. The second-order valence-electron chi connectivity index (χ2n) is 5.56. The van der Waals surface area contributed by atoms with Crippen LogP contribution in [0.2, 0.25) is 0 Å². The van der Waals surface area contributed by atoms with E-state index in [9.17, 15) is 9.90 Å². The number of hydrogen-bond acceptors (Lipinski definition) is 4. The lowest BCUT2D eigenvalue weighted by Crippen LogP contribution is -2.31. The maximum absolute atomic E-state index is 12.3. The van der Waals surface area contributed by atoms with Gasteiger partial charge in [-0.1, -0.05) is 13.8 Å². The van der Waals surface area contributed by atoms with Gasteiger partial charge in [0, 0.05) is 31.0 Å². The molecule has 1 amide bonds. The van der Waals surface area contributed by atoms with E-state index in [4.69, 9.17) is 0 Å². The highest BCUT2D eigenvalue weighted by atomic mass is 16.3. The molecule has 0 radical (unpaired) electrons. The van der Waals surface area contributed by atoms with Gasteiger partial charge in [0.1, 0.15) is 5.69 Å². The van der Waals surface area contributed by atoms with E-state index in [1.807, 2.05) is 19.9 Å². The zero-order valence-electron chi connectivity index (χ0n) is 13.5. The van der Waals surface area contributed by atoms with Crippen LogP contribution in [0.1, 0.15) is 44.6 Å². The lowest BCUT2D eigenvalue weighted by Gasteiger charge is -2.21. The molecule has 1 rings (SSSR count). The summed E-state index contributed by atoms with van der Waals surface area (Å²) in [5.74, 6) is 0.432. The fourth-order valence-corrected chi connectivity index (χ4v) is 2.29. The van der Waals surface area contributed by atoms with Crippen molar-refractivity contribution in [2.24, 2.45) is 5.92 Å². The highest BCUT2D eigenvalue weighted by Gasteiger charge is 2.15. The Morgan fingerprint density at radius 2 is 2.05 bits per heavy atom. The van der Waals surface area contributed by atoms with Crippen molar-refractivity contribution < 1.29 is 9.90 Å². The van der Waals surface area contributed by atoms with Gasteiger partial charge >= 0.3 is 0 Å². The molecule has 0 fully saturated rings. The molecule has 1 aromatic heterocycles. The molecule has 21 heavy (non-hydrogen) atoms. The SMILES string of the molecule is CCN(CC)C(=O)c1cc(NC(CO)CC(C)C)ccn1. The molecule has 1 heterocycles. The molecule has 2 N–H and O–H groups in total. The zero-order chi connectivity index (χ0) is 15.8. The van der Waals surface area contributed by atoms with E-state index in [0.29, 0.717) is 24.7 Å². The maximum Gasteiger partial charge on any atom is 0.272 e. The van der Waals surface area contributed by atoms with Gasteiger partial charge < -0.3 is 15.3 Å². The van der Waals surface area contributed by atoms with Crippen molar-refractivity contribution in [1.82, 2.24) is 9.88 Å². The van der Waals surface area contributed by atoms with E-state index >= 15 is 0 Å². The summed E-state index contributed by atoms with van der Waals surface area (Å²) in [5, 5.41) is 12.7. The number of carbonyl (C=O) groups is 1. The van der Waals surface area contributed by atoms with Crippen LogP contribution in [0.5, 0.6) is 0 Å². The molecule has 0 aliphatic heterocycles. The van der Waals surface area contributed by atoms with Gasteiger partial charge in [0.2, 0.25) is 0 Å². The van der Waals surface area contributed by atoms with E-state index in [1.54, 1.807) is 17.2 Å². The maximum atomic E-state index is 12.3. The van der Waals surface area contributed by atoms with E-state index in [1.165, 1.54) is 0 Å². The minimum Gasteiger partial charge on any atom is -0.394 e. The largest absolute Gasteiger partial charge is 0.394 e. The lowest BCUT2D eigenvalue weighted by atomic mass is 10.0. The Balaban J connectivity index is 2.82. The number of aliphatic hydroxyl groups is 1. The topological polar surface area (TPSA) is 65.5 Å². The van der Waals surface area contributed by atoms with Gasteiger partial charge in [-0.25, -0.2) is 0 Å². The first-order valence-electron chi connectivity index (χ1n) is 7.64. The molecular formula is C16H27N3O2. The molecule has 0 bridgehead atoms. The fraction of sp³-hybridized carbons (Fsp3) is 0.625. The zero-order valence-corrected chi connectivity index (χ0v) is 13.5. The first-order chi connectivity index (χ1) is 10.0. The molecule has 5 heteroatoms. The Kier molecular flexibility index (Phi) is 7.15. The van der Waals surface area contributed by atoms with Crippen molar-refractivity contribution in [3.8, 4) is 0 Å². The summed E-state index contributed by atoms with van der Waals surface area (Å²) < 4.78 is 0. The van der Waals surface area contributed by atoms with E-state index in [-0.39, 0.29) is 18.6 Å². The summed E-state index contributed by atoms with van der Waals surface area (Å²) in [5.41, 5.74) is 1.25. The minimum atomic E-state index is -0.0620. The summed E-state index contributed by atoms with van der Waals surface area (Å²) in [6, 6.07) is 3.56. The van der Waals surface area contributed by atoms with Gasteiger partial charge in [-0.3, -0.25) is 9.78 Å². The van der Waals surface area contributed by atoms with Crippen LogP contribution in [0, 0.1) is 5.92 Å². The van der Waals surface area contributed by atoms with Crippen LogP contribution >= 0.6 is 0 Å². The molecule has 0 aromatic carbocycles. The molecule has 0 aliphatic carbocycles. The van der Waals surface area contributed by atoms with Crippen molar-refractivity contribution in [3.05, 3.63) is 24.0 Å². The van der Waals surface area contributed by atoms with Crippen molar-refractivity contribution in [2.45, 2.75) is 40.2 Å². The Bertz CT molecular complexity index is 445. The number of nitrogens with zero attached hydrogens (tertiary/aromatic N) is 2. The summed E-state index contributed by atoms with van der Waals surface area (Å²) in [6.07, 6.45) is 2.50. The molecule has 118 valence electrons. The van der Waals surface area contributed by atoms with Crippen molar-refractivity contribution in [1.29, 1.82) is 0 Å². The van der Waals surface area contributed by atoms with Gasteiger partial charge in [-0.2, -0.15) is 0 Å². The van der Waals surface area contributed by atoms with Crippen LogP contribution in [0.4, 0.5) is 5.69 Å². The molecule has 0 saturated carbocycles. The first-order valence-corrected chi connectivity index (χ1v) is 7.64. The van der Waals surface area contributed by atoms with Crippen LogP contribution in [0.15, 0.2) is 18.3 Å². The number of rotatable bonds is 8. The van der Waals surface area contributed by atoms with E-state index in [0.717, 1.165) is 12.1 Å². The second kappa shape index (κ2) is 8.62. The predicted octanol–water partition coefficient (Wildman–Crippen LogP) is 2.38. The highest BCUT2D eigenvalue weighted by Crippen LogP contribution is 2.14. The predicted molar refractivity (Wildman–Crippen MR) is 85.4 cm³/mol. The quantitative estimate of drug-likeness (QED) is 0.772. The van der Waals surface area contributed by atoms with Crippen LogP contribution < -0.4 is 5.32 Å². The van der Waals surface area contributed by atoms with Crippen molar-refractivity contribution in [2.75, 3.05) is 25.0 Å². The summed E-state index contributed by atoms with van der Waals surface area (Å²) in [4.78, 5) is 18.2. The monoisotopic (exact) mass is 293 g/mol. The molecule has 1 unspecified atom stereocenters. The molecule has 0 aliphatic rings. The van der Waals surface area contributed by atoms with Crippen LogP contribution in [-0.2, 0) is 0 Å². The summed E-state index contributed by atoms with van der Waals surface area (Å²) in [6.45, 7) is 9.54. The molecular weight excluding hydrogens is 266 g/mol. The number of hydrogen-bond donors (Lipinski definition) is 2. The third kappa shape index (κ3) is 5.34. The minimum absolute atomic E-state index is 0.0104. The Morgan fingerprint density at radius 1 is 1.38 bits per heavy atom. The number of anilines is 1. The first kappa shape index (κ1) is 17.4. The van der Waals surface area contributed by atoms with Crippen LogP contribution in [0.25, 0.3) is 0 Å². The molecule has 1 atom stereocenters. The normalized spacial score (nSPS) is 12.3. The van der Waals surface area contributed by atoms with Gasteiger partial charge in [0.25, 0.3) is 5.91 Å². The Labute approximate surface area is 127 Å². The molecule has 0 spiro atoms. The smallest absolute Gasteiger partial charge is 0.272 e. The van der Waals surface area contributed by atoms with E-state index in [2.05, 4.69) is 24.1 Å². The van der Waals surface area contributed by atoms with Crippen molar-refractivity contribution >= 4 is 11.6 Å². The van der Waals surface area contributed by atoms with Crippen molar-refractivity contribution in [3.63, 3.8) is 0 Å². The third-order valence-corrected chi connectivity index (χ3v) is 3.38. The standard InChI is InChI=1S/C16H27N3O2/c1-5-19(6-2)16(21)15-10-13(7-8-17-15)18-14(11-20)9-12(3)4/h7-8,10,12,14,20H,5-6,9,11H2,1-4H3,(H,17,18). The highest BCUT2D eigenvalue weighted by molar-refractivity contribution is 5.93. The second-order valence-corrected chi connectivity index (χ2v) is 5.56. The summed E-state index contributed by atoms with van der Waals surface area (Å²) in [7, 11) is 0. The molecule has 0 saturated heterocycles. The van der Waals surface area contributed by atoms with E-state index < -0.39 is 0 Å². The number of nitrogens with one attached hydrogen (secondary N) is 1. The average molecular weight is 293 g/mol. The van der Waals surface area contributed by atoms with Gasteiger partial charge in [0.05, 0.1) is 6.61 Å². The van der Waals surface area contributed by atoms with Crippen LogP contribution in [0.3, 0.4) is 0 Å². The van der Waals surface area contributed by atoms with Crippen LogP contribution in [-0.4, -0.2) is 46.6 Å². The lowest BCUT2D eigenvalue weighted by molar-refractivity contribution is 0.0767. The Hall–Kier alpha value is -1.62. The van der Waals surface area contributed by atoms with Gasteiger partial charge in [-0.05, 0) is 38.3 Å². The molecule has 1 aromatic rings.